The molecule has 1 aromatic rings. The highest BCUT2D eigenvalue weighted by Gasteiger charge is 2.30. The van der Waals surface area contributed by atoms with Crippen molar-refractivity contribution in [2.75, 3.05) is 58.9 Å². The van der Waals surface area contributed by atoms with Crippen molar-refractivity contribution in [3.8, 4) is 0 Å². The fraction of sp³-hybridized carbons (Fsp3) is 0.667. The maximum Gasteiger partial charge on any atom is 0.253 e. The monoisotopic (exact) mass is 412 g/mol. The van der Waals surface area contributed by atoms with Gasteiger partial charge in [0.05, 0.1) is 6.54 Å². The lowest BCUT2D eigenvalue weighted by Gasteiger charge is -2.43. The van der Waals surface area contributed by atoms with Crippen LogP contribution < -0.4 is 0 Å². The molecule has 2 amide bonds. The van der Waals surface area contributed by atoms with Crippen molar-refractivity contribution in [1.29, 1.82) is 0 Å². The molecule has 2 heterocycles. The lowest BCUT2D eigenvalue weighted by molar-refractivity contribution is -0.135. The zero-order valence-electron chi connectivity index (χ0n) is 18.4. The first-order valence-electron chi connectivity index (χ1n) is 11.8. The Labute approximate surface area is 180 Å². The third kappa shape index (κ3) is 5.03. The van der Waals surface area contributed by atoms with Crippen LogP contribution in [0.1, 0.15) is 48.5 Å². The van der Waals surface area contributed by atoms with Crippen molar-refractivity contribution in [2.45, 2.75) is 45.1 Å². The third-order valence-electron chi connectivity index (χ3n) is 7.02. The van der Waals surface area contributed by atoms with Gasteiger partial charge in [0.1, 0.15) is 0 Å². The molecule has 164 valence electrons. The first-order valence-corrected chi connectivity index (χ1v) is 11.8. The van der Waals surface area contributed by atoms with Crippen LogP contribution in [0.3, 0.4) is 0 Å². The van der Waals surface area contributed by atoms with Gasteiger partial charge in [0.15, 0.2) is 0 Å². The van der Waals surface area contributed by atoms with Gasteiger partial charge in [0.2, 0.25) is 5.91 Å². The van der Waals surface area contributed by atoms with Crippen LogP contribution in [0, 0.1) is 0 Å². The predicted molar refractivity (Wildman–Crippen MR) is 119 cm³/mol. The summed E-state index contributed by atoms with van der Waals surface area (Å²) in [5.74, 6) is 0.352. The van der Waals surface area contributed by atoms with E-state index in [-0.39, 0.29) is 11.8 Å². The summed E-state index contributed by atoms with van der Waals surface area (Å²) in [5, 5.41) is 0. The number of carbonyl (C=O) groups excluding carboxylic acids is 2. The standard InChI is InChI=1S/C24H36N4O2/c1-2-4-20-7-9-21(10-8-20)24(30)28-13-11-25(12-14-28)19-23(29)27-17-15-26(16-18-27)22-5-3-6-22/h7-10,22H,2-6,11-19H2,1H3. The highest BCUT2D eigenvalue weighted by molar-refractivity contribution is 5.94. The van der Waals surface area contributed by atoms with Gasteiger partial charge >= 0.3 is 0 Å². The normalized spacial score (nSPS) is 21.5. The van der Waals surface area contributed by atoms with Gasteiger partial charge in [-0.15, -0.1) is 0 Å². The van der Waals surface area contributed by atoms with Gasteiger partial charge in [-0.3, -0.25) is 19.4 Å². The molecule has 1 aromatic carbocycles. The molecule has 0 bridgehead atoms. The van der Waals surface area contributed by atoms with Crippen molar-refractivity contribution in [3.63, 3.8) is 0 Å². The minimum Gasteiger partial charge on any atom is -0.339 e. The molecule has 2 aliphatic heterocycles. The van der Waals surface area contributed by atoms with E-state index in [4.69, 9.17) is 0 Å². The molecule has 3 fully saturated rings. The van der Waals surface area contributed by atoms with E-state index in [1.807, 2.05) is 21.9 Å². The molecule has 0 spiro atoms. The topological polar surface area (TPSA) is 47.1 Å². The van der Waals surface area contributed by atoms with Crippen molar-refractivity contribution in [2.24, 2.45) is 0 Å². The molecule has 0 aromatic heterocycles. The number of rotatable bonds is 6. The van der Waals surface area contributed by atoms with Crippen LogP contribution in [0.4, 0.5) is 0 Å². The Balaban J connectivity index is 1.19. The zero-order valence-corrected chi connectivity index (χ0v) is 18.4. The first kappa shape index (κ1) is 21.3. The predicted octanol–water partition coefficient (Wildman–Crippen LogP) is 2.09. The highest BCUT2D eigenvalue weighted by Crippen LogP contribution is 2.25. The van der Waals surface area contributed by atoms with Gasteiger partial charge in [0.25, 0.3) is 5.91 Å². The SMILES string of the molecule is CCCc1ccc(C(=O)N2CCN(CC(=O)N3CCN(C4CCC4)CC3)CC2)cc1. The molecule has 0 N–H and O–H groups in total. The van der Waals surface area contributed by atoms with E-state index in [1.165, 1.54) is 24.8 Å². The van der Waals surface area contributed by atoms with E-state index >= 15 is 0 Å². The molecular weight excluding hydrogens is 376 g/mol. The molecule has 30 heavy (non-hydrogen) atoms. The molecule has 0 unspecified atom stereocenters. The summed E-state index contributed by atoms with van der Waals surface area (Å²) in [6.45, 7) is 9.35. The number of benzene rings is 1. The number of hydrogen-bond donors (Lipinski definition) is 0. The van der Waals surface area contributed by atoms with Crippen LogP contribution in [0.25, 0.3) is 0 Å². The fourth-order valence-corrected chi connectivity index (χ4v) is 4.77. The van der Waals surface area contributed by atoms with E-state index in [1.54, 1.807) is 0 Å². The molecule has 1 aliphatic carbocycles. The minimum absolute atomic E-state index is 0.108. The second-order valence-electron chi connectivity index (χ2n) is 9.02. The van der Waals surface area contributed by atoms with E-state index in [2.05, 4.69) is 28.9 Å². The second-order valence-corrected chi connectivity index (χ2v) is 9.02. The van der Waals surface area contributed by atoms with Gasteiger partial charge in [-0.1, -0.05) is 31.9 Å². The van der Waals surface area contributed by atoms with Crippen molar-refractivity contribution in [1.82, 2.24) is 19.6 Å². The quantitative estimate of drug-likeness (QED) is 0.718. The Morgan fingerprint density at radius 2 is 1.50 bits per heavy atom. The summed E-state index contributed by atoms with van der Waals surface area (Å²) in [5.41, 5.74) is 2.05. The van der Waals surface area contributed by atoms with Crippen LogP contribution >= 0.6 is 0 Å². The number of piperazine rings is 2. The van der Waals surface area contributed by atoms with Gasteiger partial charge in [-0.05, 0) is 37.0 Å². The number of aryl methyl sites for hydroxylation is 1. The molecule has 3 aliphatic rings. The van der Waals surface area contributed by atoms with Gasteiger partial charge in [0, 0.05) is 64.0 Å². The summed E-state index contributed by atoms with van der Waals surface area (Å²) in [6, 6.07) is 8.81. The second kappa shape index (κ2) is 9.92. The Kier molecular flexibility index (Phi) is 7.05. The molecule has 4 rings (SSSR count). The van der Waals surface area contributed by atoms with Crippen LogP contribution in [-0.2, 0) is 11.2 Å². The molecule has 6 nitrogen and oxygen atoms in total. The van der Waals surface area contributed by atoms with Crippen molar-refractivity contribution in [3.05, 3.63) is 35.4 Å². The molecule has 0 radical (unpaired) electrons. The van der Waals surface area contributed by atoms with E-state index in [9.17, 15) is 9.59 Å². The average molecular weight is 413 g/mol. The highest BCUT2D eigenvalue weighted by atomic mass is 16.2. The number of nitrogens with zero attached hydrogens (tertiary/aromatic N) is 4. The summed E-state index contributed by atoms with van der Waals surface area (Å²) in [4.78, 5) is 34.2. The first-order chi connectivity index (χ1) is 14.6. The van der Waals surface area contributed by atoms with E-state index in [0.29, 0.717) is 19.6 Å². The van der Waals surface area contributed by atoms with Crippen LogP contribution in [-0.4, -0.2) is 96.4 Å². The number of hydrogen-bond acceptors (Lipinski definition) is 4. The average Bonchev–Trinajstić information content (AvgIpc) is 2.74. The Morgan fingerprint density at radius 1 is 0.867 bits per heavy atom. The van der Waals surface area contributed by atoms with Gasteiger partial charge < -0.3 is 9.80 Å². The maximum absolute atomic E-state index is 12.8. The zero-order chi connectivity index (χ0) is 20.9. The molecule has 0 atom stereocenters. The maximum atomic E-state index is 12.8. The van der Waals surface area contributed by atoms with Gasteiger partial charge in [-0.25, -0.2) is 0 Å². The van der Waals surface area contributed by atoms with E-state index in [0.717, 1.165) is 63.7 Å². The lowest BCUT2D eigenvalue weighted by Crippen LogP contribution is -2.56. The fourth-order valence-electron chi connectivity index (χ4n) is 4.77. The van der Waals surface area contributed by atoms with Crippen LogP contribution in [0.15, 0.2) is 24.3 Å². The molecule has 6 heteroatoms. The van der Waals surface area contributed by atoms with Crippen molar-refractivity contribution >= 4 is 11.8 Å². The van der Waals surface area contributed by atoms with Crippen molar-refractivity contribution < 1.29 is 9.59 Å². The van der Waals surface area contributed by atoms with E-state index < -0.39 is 0 Å². The third-order valence-corrected chi connectivity index (χ3v) is 7.02. The smallest absolute Gasteiger partial charge is 0.253 e. The Hall–Kier alpha value is -1.92. The number of amides is 2. The van der Waals surface area contributed by atoms with Crippen LogP contribution in [0.5, 0.6) is 0 Å². The van der Waals surface area contributed by atoms with Crippen LogP contribution in [0.2, 0.25) is 0 Å². The largest absolute Gasteiger partial charge is 0.339 e. The summed E-state index contributed by atoms with van der Waals surface area (Å²) >= 11 is 0. The summed E-state index contributed by atoms with van der Waals surface area (Å²) in [7, 11) is 0. The summed E-state index contributed by atoms with van der Waals surface area (Å²) < 4.78 is 0. The number of carbonyl (C=O) groups is 2. The summed E-state index contributed by atoms with van der Waals surface area (Å²) in [6.07, 6.45) is 6.20. The van der Waals surface area contributed by atoms with Gasteiger partial charge in [-0.2, -0.15) is 0 Å². The Morgan fingerprint density at radius 3 is 2.07 bits per heavy atom. The molecule has 2 saturated heterocycles. The Bertz CT molecular complexity index is 715. The molecule has 1 saturated carbocycles. The minimum atomic E-state index is 0.108. The molecular formula is C24H36N4O2. The lowest BCUT2D eigenvalue weighted by atomic mass is 9.91.